The molecular weight excluding hydrogens is 306 g/mol. The molecule has 1 fully saturated rings. The van der Waals surface area contributed by atoms with Gasteiger partial charge in [-0.15, -0.1) is 0 Å². The van der Waals surface area contributed by atoms with E-state index in [0.717, 1.165) is 11.8 Å². The molecule has 4 nitrogen and oxygen atoms in total. The molecule has 3 atom stereocenters. The highest BCUT2D eigenvalue weighted by Gasteiger charge is 2.35. The van der Waals surface area contributed by atoms with Gasteiger partial charge < -0.3 is 5.32 Å². The first-order valence-electron chi connectivity index (χ1n) is 5.96. The van der Waals surface area contributed by atoms with E-state index in [2.05, 4.69) is 21.2 Å². The average molecular weight is 326 g/mol. The topological polar surface area (TPSA) is 63.2 Å². The number of halogens is 1. The van der Waals surface area contributed by atoms with Crippen molar-refractivity contribution >= 4 is 31.7 Å². The van der Waals surface area contributed by atoms with Crippen LogP contribution in [-0.4, -0.2) is 36.7 Å². The summed E-state index contributed by atoms with van der Waals surface area (Å²) in [6, 6.07) is -0.0148. The van der Waals surface area contributed by atoms with Gasteiger partial charge in [0.15, 0.2) is 9.84 Å². The van der Waals surface area contributed by atoms with E-state index in [9.17, 15) is 13.2 Å². The number of alkyl halides is 1. The van der Waals surface area contributed by atoms with Crippen LogP contribution in [0.15, 0.2) is 0 Å². The summed E-state index contributed by atoms with van der Waals surface area (Å²) in [6.45, 7) is 3.91. The predicted octanol–water partition coefficient (Wildman–Crippen LogP) is 1.49. The third kappa shape index (κ3) is 3.95. The van der Waals surface area contributed by atoms with Gasteiger partial charge in [-0.1, -0.05) is 29.3 Å². The number of hydrogen-bond acceptors (Lipinski definition) is 3. The Morgan fingerprint density at radius 1 is 1.41 bits per heavy atom. The van der Waals surface area contributed by atoms with E-state index in [1.165, 1.54) is 0 Å². The molecule has 0 spiro atoms. The number of sulfone groups is 1. The van der Waals surface area contributed by atoms with Crippen molar-refractivity contribution in [1.82, 2.24) is 5.32 Å². The van der Waals surface area contributed by atoms with Crippen LogP contribution >= 0.6 is 15.9 Å². The van der Waals surface area contributed by atoms with Gasteiger partial charge in [0.25, 0.3) is 0 Å². The van der Waals surface area contributed by atoms with Crippen molar-refractivity contribution in [2.75, 3.05) is 11.1 Å². The second-order valence-corrected chi connectivity index (χ2v) is 7.73. The van der Waals surface area contributed by atoms with Crippen molar-refractivity contribution in [2.24, 2.45) is 5.92 Å². The Bertz CT molecular complexity index is 369. The molecule has 17 heavy (non-hydrogen) atoms. The van der Waals surface area contributed by atoms with Gasteiger partial charge in [0, 0.05) is 11.4 Å². The zero-order valence-corrected chi connectivity index (χ0v) is 12.7. The molecule has 6 heteroatoms. The summed E-state index contributed by atoms with van der Waals surface area (Å²) in [5.41, 5.74) is 0. The average Bonchev–Trinajstić information content (AvgIpc) is 2.26. The van der Waals surface area contributed by atoms with E-state index >= 15 is 0 Å². The van der Waals surface area contributed by atoms with Crippen molar-refractivity contribution in [3.05, 3.63) is 0 Å². The largest absolute Gasteiger partial charge is 0.352 e. The molecule has 1 aliphatic rings. The summed E-state index contributed by atoms with van der Waals surface area (Å²) in [5, 5.41) is 2.76. The number of amides is 1. The van der Waals surface area contributed by atoms with Crippen molar-refractivity contribution in [1.29, 1.82) is 0 Å². The van der Waals surface area contributed by atoms with Gasteiger partial charge in [-0.2, -0.15) is 0 Å². The highest BCUT2D eigenvalue weighted by Crippen LogP contribution is 2.20. The highest BCUT2D eigenvalue weighted by atomic mass is 79.9. The summed E-state index contributed by atoms with van der Waals surface area (Å²) < 4.78 is 23.5. The van der Waals surface area contributed by atoms with E-state index in [0.29, 0.717) is 12.8 Å². The maximum atomic E-state index is 11.9. The van der Waals surface area contributed by atoms with E-state index < -0.39 is 15.1 Å². The van der Waals surface area contributed by atoms with Gasteiger partial charge in [-0.3, -0.25) is 4.79 Å². The Morgan fingerprint density at radius 2 is 2.06 bits per heavy atom. The van der Waals surface area contributed by atoms with E-state index in [4.69, 9.17) is 0 Å². The summed E-state index contributed by atoms with van der Waals surface area (Å²) in [6.07, 6.45) is 1.96. The van der Waals surface area contributed by atoms with Gasteiger partial charge >= 0.3 is 0 Å². The molecule has 0 aromatic rings. The molecule has 0 radical (unpaired) electrons. The van der Waals surface area contributed by atoms with E-state index in [1.807, 2.05) is 13.8 Å². The quantitative estimate of drug-likeness (QED) is 0.796. The fourth-order valence-electron chi connectivity index (χ4n) is 1.84. The Labute approximate surface area is 112 Å². The zero-order valence-electron chi connectivity index (χ0n) is 10.3. The standard InChI is InChI=1S/C11H20BrNO3S/c1-8(7-12)9(2)13-11(14)10-5-3-4-6-17(10,15)16/h8-10H,3-7H2,1-2H3,(H,13,14). The lowest BCUT2D eigenvalue weighted by molar-refractivity contribution is -0.121. The molecule has 0 aromatic carbocycles. The second kappa shape index (κ2) is 6.18. The minimum Gasteiger partial charge on any atom is -0.352 e. The molecule has 0 aromatic heterocycles. The van der Waals surface area contributed by atoms with Crippen molar-refractivity contribution in [2.45, 2.75) is 44.4 Å². The van der Waals surface area contributed by atoms with Gasteiger partial charge in [-0.05, 0) is 25.7 Å². The smallest absolute Gasteiger partial charge is 0.238 e. The lowest BCUT2D eigenvalue weighted by atomic mass is 10.1. The lowest BCUT2D eigenvalue weighted by Gasteiger charge is -2.25. The van der Waals surface area contributed by atoms with Crippen molar-refractivity contribution < 1.29 is 13.2 Å². The van der Waals surface area contributed by atoms with Crippen LogP contribution < -0.4 is 5.32 Å². The number of carbonyl (C=O) groups excluding carboxylic acids is 1. The zero-order chi connectivity index (χ0) is 13.1. The molecule has 1 rings (SSSR count). The first kappa shape index (κ1) is 15.0. The van der Waals surface area contributed by atoms with Crippen molar-refractivity contribution in [3.8, 4) is 0 Å². The second-order valence-electron chi connectivity index (χ2n) is 4.78. The van der Waals surface area contributed by atoms with Crippen LogP contribution in [0, 0.1) is 5.92 Å². The fraction of sp³-hybridized carbons (Fsp3) is 0.909. The molecule has 1 N–H and O–H groups in total. The molecule has 0 aliphatic carbocycles. The van der Waals surface area contributed by atoms with Gasteiger partial charge in [0.1, 0.15) is 5.25 Å². The summed E-state index contributed by atoms with van der Waals surface area (Å²) in [5.74, 6) is 0.100. The predicted molar refractivity (Wildman–Crippen MR) is 72.0 cm³/mol. The fourth-order valence-corrected chi connectivity index (χ4v) is 4.21. The Kier molecular flexibility index (Phi) is 5.44. The molecule has 100 valence electrons. The van der Waals surface area contributed by atoms with Crippen LogP contribution in [-0.2, 0) is 14.6 Å². The highest BCUT2D eigenvalue weighted by molar-refractivity contribution is 9.09. The van der Waals surface area contributed by atoms with Crippen molar-refractivity contribution in [3.63, 3.8) is 0 Å². The van der Waals surface area contributed by atoms with Gasteiger partial charge in [-0.25, -0.2) is 8.42 Å². The third-order valence-electron chi connectivity index (χ3n) is 3.34. The van der Waals surface area contributed by atoms with Crippen LogP contribution in [0.1, 0.15) is 33.1 Å². The molecule has 1 heterocycles. The van der Waals surface area contributed by atoms with Crippen LogP contribution in [0.25, 0.3) is 0 Å². The third-order valence-corrected chi connectivity index (χ3v) is 6.53. The van der Waals surface area contributed by atoms with E-state index in [1.54, 1.807) is 0 Å². The summed E-state index contributed by atoms with van der Waals surface area (Å²) >= 11 is 3.35. The number of hydrogen-bond donors (Lipinski definition) is 1. The minimum absolute atomic E-state index is 0.0148. The van der Waals surface area contributed by atoms with Gasteiger partial charge in [0.05, 0.1) is 5.75 Å². The SMILES string of the molecule is CC(CBr)C(C)NC(=O)C1CCCCS1(=O)=O. The summed E-state index contributed by atoms with van der Waals surface area (Å²) in [4.78, 5) is 11.9. The first-order chi connectivity index (χ1) is 7.88. The normalized spacial score (nSPS) is 27.1. The Morgan fingerprint density at radius 3 is 2.59 bits per heavy atom. The van der Waals surface area contributed by atoms with Crippen LogP contribution in [0.2, 0.25) is 0 Å². The number of rotatable bonds is 4. The van der Waals surface area contributed by atoms with Crippen LogP contribution in [0.5, 0.6) is 0 Å². The molecule has 0 saturated carbocycles. The minimum atomic E-state index is -3.22. The molecule has 1 aliphatic heterocycles. The van der Waals surface area contributed by atoms with Crippen LogP contribution in [0.3, 0.4) is 0 Å². The molecule has 3 unspecified atom stereocenters. The molecule has 0 bridgehead atoms. The Balaban J connectivity index is 2.63. The number of nitrogens with one attached hydrogen (secondary N) is 1. The lowest BCUT2D eigenvalue weighted by Crippen LogP contribution is -2.47. The molecule has 1 amide bonds. The van der Waals surface area contributed by atoms with Crippen LogP contribution in [0.4, 0.5) is 0 Å². The first-order valence-corrected chi connectivity index (χ1v) is 8.80. The maximum Gasteiger partial charge on any atom is 0.238 e. The monoisotopic (exact) mass is 325 g/mol. The van der Waals surface area contributed by atoms with E-state index in [-0.39, 0.29) is 23.6 Å². The maximum absolute atomic E-state index is 11.9. The molecule has 1 saturated heterocycles. The number of carbonyl (C=O) groups is 1. The summed E-state index contributed by atoms with van der Waals surface area (Å²) in [7, 11) is -3.22. The molecular formula is C11H20BrNO3S. The Hall–Kier alpha value is -0.100. The van der Waals surface area contributed by atoms with Gasteiger partial charge in [0.2, 0.25) is 5.91 Å².